The molecule has 0 amide bonds. The molecule has 0 saturated carbocycles. The molecule has 0 spiro atoms. The molecular formula is C11H26O4Si. The molecule has 98 valence electrons. The summed E-state index contributed by atoms with van der Waals surface area (Å²) in [7, 11) is 1.89. The van der Waals surface area contributed by atoms with Gasteiger partial charge in [-0.2, -0.15) is 0 Å². The van der Waals surface area contributed by atoms with Crippen LogP contribution in [0.2, 0.25) is 19.6 Å². The van der Waals surface area contributed by atoms with Gasteiger partial charge < -0.3 is 18.7 Å². The van der Waals surface area contributed by atoms with Crippen molar-refractivity contribution in [2.45, 2.75) is 45.7 Å². The second-order valence-corrected chi connectivity index (χ2v) is 8.82. The second kappa shape index (κ2) is 11.3. The van der Waals surface area contributed by atoms with Gasteiger partial charge >= 0.3 is 0 Å². The molecule has 0 aliphatic heterocycles. The van der Waals surface area contributed by atoms with Gasteiger partial charge in [0.1, 0.15) is 6.29 Å². The zero-order valence-electron chi connectivity index (χ0n) is 11.4. The predicted octanol–water partition coefficient (Wildman–Crippen LogP) is 2.44. The van der Waals surface area contributed by atoms with Gasteiger partial charge in [-0.05, 0) is 33.0 Å². The van der Waals surface area contributed by atoms with E-state index in [1.54, 1.807) is 14.2 Å². The van der Waals surface area contributed by atoms with E-state index in [9.17, 15) is 4.79 Å². The molecule has 0 radical (unpaired) electrons. The maximum atomic E-state index is 9.89. The predicted molar refractivity (Wildman–Crippen MR) is 68.1 cm³/mol. The Bertz CT molecular complexity index is 153. The van der Waals surface area contributed by atoms with Gasteiger partial charge in [-0.25, -0.2) is 0 Å². The van der Waals surface area contributed by atoms with Crippen LogP contribution in [0, 0.1) is 0 Å². The van der Waals surface area contributed by atoms with Crippen LogP contribution in [0.4, 0.5) is 0 Å². The van der Waals surface area contributed by atoms with Crippen molar-refractivity contribution in [2.75, 3.05) is 20.8 Å². The average molecular weight is 250 g/mol. The summed E-state index contributed by atoms with van der Waals surface area (Å²) >= 11 is 0. The minimum absolute atomic E-state index is 0.0648. The Morgan fingerprint density at radius 2 is 1.69 bits per heavy atom. The third kappa shape index (κ3) is 19.4. The van der Waals surface area contributed by atoms with Gasteiger partial charge in [-0.1, -0.05) is 0 Å². The Labute approximate surface area is 100 Å². The van der Waals surface area contributed by atoms with E-state index in [-0.39, 0.29) is 6.29 Å². The van der Waals surface area contributed by atoms with Crippen molar-refractivity contribution in [3.8, 4) is 0 Å². The summed E-state index contributed by atoms with van der Waals surface area (Å²) in [5, 5.41) is 0. The topological polar surface area (TPSA) is 44.8 Å². The first-order valence-electron chi connectivity index (χ1n) is 5.50. The van der Waals surface area contributed by atoms with E-state index in [0.29, 0.717) is 6.42 Å². The van der Waals surface area contributed by atoms with Gasteiger partial charge in [0.15, 0.2) is 14.6 Å². The number of ether oxygens (including phenoxy) is 2. The molecule has 0 N–H and O–H groups in total. The number of carbonyl (C=O) groups is 1. The summed E-state index contributed by atoms with van der Waals surface area (Å²) in [5.74, 6) is 0. The molecule has 0 aromatic heterocycles. The van der Waals surface area contributed by atoms with Crippen LogP contribution in [0.1, 0.15) is 19.8 Å². The van der Waals surface area contributed by atoms with Crippen molar-refractivity contribution >= 4 is 14.6 Å². The van der Waals surface area contributed by atoms with E-state index >= 15 is 0 Å². The molecule has 0 bridgehead atoms. The molecule has 0 aromatic rings. The van der Waals surface area contributed by atoms with Crippen LogP contribution < -0.4 is 0 Å². The summed E-state index contributed by atoms with van der Waals surface area (Å²) in [6.45, 7) is 9.02. The first-order chi connectivity index (χ1) is 7.37. The molecular weight excluding hydrogens is 224 g/mol. The highest BCUT2D eigenvalue weighted by molar-refractivity contribution is 6.69. The standard InChI is InChI=1S/C7H16O2Si.C4H10O2/c1-10(2,3)9-7-5-4-6-8;1-4(5-2)6-3/h6H,4-5,7H2,1-3H3;4H,1-3H3. The lowest BCUT2D eigenvalue weighted by Crippen LogP contribution is -2.25. The third-order valence-electron chi connectivity index (χ3n) is 1.67. The van der Waals surface area contributed by atoms with Crippen molar-refractivity contribution in [3.05, 3.63) is 0 Å². The van der Waals surface area contributed by atoms with Crippen LogP contribution in [0.15, 0.2) is 0 Å². The van der Waals surface area contributed by atoms with E-state index in [4.69, 9.17) is 4.43 Å². The fourth-order valence-corrected chi connectivity index (χ4v) is 1.40. The molecule has 0 fully saturated rings. The largest absolute Gasteiger partial charge is 0.418 e. The minimum Gasteiger partial charge on any atom is -0.418 e. The number of methoxy groups -OCH3 is 2. The Balaban J connectivity index is 0. The van der Waals surface area contributed by atoms with Crippen LogP contribution in [-0.2, 0) is 18.7 Å². The monoisotopic (exact) mass is 250 g/mol. The SMILES string of the molecule is COC(C)OC.C[Si](C)(C)OCCCC=O. The second-order valence-electron chi connectivity index (χ2n) is 4.31. The third-order valence-corrected chi connectivity index (χ3v) is 2.74. The highest BCUT2D eigenvalue weighted by Crippen LogP contribution is 2.03. The molecule has 0 aromatic carbocycles. The number of hydrogen-bond acceptors (Lipinski definition) is 4. The fourth-order valence-electron chi connectivity index (χ4n) is 0.641. The maximum Gasteiger partial charge on any atom is 0.183 e. The molecule has 5 heteroatoms. The van der Waals surface area contributed by atoms with Crippen LogP contribution in [0.5, 0.6) is 0 Å². The highest BCUT2D eigenvalue weighted by Gasteiger charge is 2.12. The number of rotatable bonds is 7. The lowest BCUT2D eigenvalue weighted by atomic mass is 10.4. The summed E-state index contributed by atoms with van der Waals surface area (Å²) < 4.78 is 14.9. The summed E-state index contributed by atoms with van der Waals surface area (Å²) in [5.41, 5.74) is 0. The number of aldehydes is 1. The highest BCUT2D eigenvalue weighted by atomic mass is 28.4. The number of hydrogen-bond donors (Lipinski definition) is 0. The Hall–Kier alpha value is -0.233. The van der Waals surface area contributed by atoms with Gasteiger partial charge in [0.25, 0.3) is 0 Å². The van der Waals surface area contributed by atoms with Crippen molar-refractivity contribution in [2.24, 2.45) is 0 Å². The van der Waals surface area contributed by atoms with Crippen molar-refractivity contribution < 1.29 is 18.7 Å². The van der Waals surface area contributed by atoms with E-state index in [2.05, 4.69) is 29.1 Å². The zero-order chi connectivity index (χ0) is 13.0. The maximum absolute atomic E-state index is 9.89. The van der Waals surface area contributed by atoms with Gasteiger partial charge in [-0.15, -0.1) is 0 Å². The van der Waals surface area contributed by atoms with Gasteiger partial charge in [0, 0.05) is 27.2 Å². The average Bonchev–Trinajstić information content (AvgIpc) is 2.23. The number of unbranched alkanes of at least 4 members (excludes halogenated alkanes) is 1. The molecule has 0 saturated heterocycles. The van der Waals surface area contributed by atoms with E-state index in [1.807, 2.05) is 6.92 Å². The van der Waals surface area contributed by atoms with Gasteiger partial charge in [0.2, 0.25) is 0 Å². The summed E-state index contributed by atoms with van der Waals surface area (Å²) in [6, 6.07) is 0. The quantitative estimate of drug-likeness (QED) is 0.301. The summed E-state index contributed by atoms with van der Waals surface area (Å²) in [4.78, 5) is 9.89. The Morgan fingerprint density at radius 3 is 1.94 bits per heavy atom. The van der Waals surface area contributed by atoms with Crippen molar-refractivity contribution in [1.82, 2.24) is 0 Å². The Morgan fingerprint density at radius 1 is 1.19 bits per heavy atom. The molecule has 0 atom stereocenters. The van der Waals surface area contributed by atoms with Crippen LogP contribution in [0.3, 0.4) is 0 Å². The van der Waals surface area contributed by atoms with E-state index < -0.39 is 8.32 Å². The number of carbonyl (C=O) groups excluding carboxylic acids is 1. The Kier molecular flexibility index (Phi) is 12.8. The lowest BCUT2D eigenvalue weighted by Gasteiger charge is -2.16. The molecule has 16 heavy (non-hydrogen) atoms. The zero-order valence-corrected chi connectivity index (χ0v) is 12.4. The lowest BCUT2D eigenvalue weighted by molar-refractivity contribution is -0.108. The van der Waals surface area contributed by atoms with Gasteiger partial charge in [-0.3, -0.25) is 0 Å². The molecule has 0 unspecified atom stereocenters. The molecule has 0 heterocycles. The van der Waals surface area contributed by atoms with Crippen LogP contribution >= 0.6 is 0 Å². The minimum atomic E-state index is -1.32. The van der Waals surface area contributed by atoms with Crippen LogP contribution in [-0.4, -0.2) is 41.7 Å². The van der Waals surface area contributed by atoms with Gasteiger partial charge in [0.05, 0.1) is 0 Å². The summed E-state index contributed by atoms with van der Waals surface area (Å²) in [6.07, 6.45) is 2.37. The molecule has 0 aliphatic carbocycles. The van der Waals surface area contributed by atoms with E-state index in [0.717, 1.165) is 19.3 Å². The van der Waals surface area contributed by atoms with E-state index in [1.165, 1.54) is 0 Å². The normalized spacial score (nSPS) is 10.9. The molecule has 0 aliphatic rings. The first-order valence-corrected chi connectivity index (χ1v) is 8.91. The first kappa shape index (κ1) is 18.1. The molecule has 0 rings (SSSR count). The van der Waals surface area contributed by atoms with Crippen molar-refractivity contribution in [1.29, 1.82) is 0 Å². The molecule has 4 nitrogen and oxygen atoms in total. The van der Waals surface area contributed by atoms with Crippen molar-refractivity contribution in [3.63, 3.8) is 0 Å². The fraction of sp³-hybridized carbons (Fsp3) is 0.909. The van der Waals surface area contributed by atoms with Crippen LogP contribution in [0.25, 0.3) is 0 Å². The smallest absolute Gasteiger partial charge is 0.183 e.